The monoisotopic (exact) mass is 415 g/mol. The second kappa shape index (κ2) is 7.88. The third-order valence-corrected chi connectivity index (χ3v) is 4.96. The molecular formula is C18H17F4N3O2S. The van der Waals surface area contributed by atoms with Gasteiger partial charge in [0, 0.05) is 11.4 Å². The van der Waals surface area contributed by atoms with E-state index in [1.54, 1.807) is 36.7 Å². The molecule has 1 atom stereocenters. The van der Waals surface area contributed by atoms with Crippen molar-refractivity contribution in [3.8, 4) is 5.69 Å². The van der Waals surface area contributed by atoms with E-state index in [2.05, 4.69) is 15.2 Å². The Morgan fingerprint density at radius 1 is 1.32 bits per heavy atom. The molecule has 10 heteroatoms. The number of aromatic nitrogens is 2. The predicted octanol–water partition coefficient (Wildman–Crippen LogP) is 4.23. The standard InChI is InChI=1S/C18H17F4N3O2S/c1-10(8-27-9-18(20,21)22)23-16(26)15-7-14-11(2)24-25(17(14)28-15)13-5-3-12(19)4-6-13/h3-7,10H,8-9H2,1-2H3,(H,23,26). The molecule has 1 aromatic carbocycles. The molecule has 0 saturated carbocycles. The number of thiophene rings is 1. The highest BCUT2D eigenvalue weighted by Crippen LogP contribution is 2.30. The first-order valence-corrected chi connectivity index (χ1v) is 9.16. The van der Waals surface area contributed by atoms with Crippen LogP contribution in [0.2, 0.25) is 0 Å². The highest BCUT2D eigenvalue weighted by atomic mass is 32.1. The fourth-order valence-corrected chi connectivity index (χ4v) is 3.69. The van der Waals surface area contributed by atoms with Crippen LogP contribution in [0.15, 0.2) is 30.3 Å². The van der Waals surface area contributed by atoms with Crippen LogP contribution >= 0.6 is 11.3 Å². The van der Waals surface area contributed by atoms with Gasteiger partial charge in [-0.25, -0.2) is 9.07 Å². The Morgan fingerprint density at radius 2 is 2.00 bits per heavy atom. The van der Waals surface area contributed by atoms with Gasteiger partial charge in [-0.15, -0.1) is 11.3 Å². The van der Waals surface area contributed by atoms with Crippen LogP contribution in [0.4, 0.5) is 17.6 Å². The average Bonchev–Trinajstić information content (AvgIpc) is 3.15. The summed E-state index contributed by atoms with van der Waals surface area (Å²) in [6.07, 6.45) is -4.40. The largest absolute Gasteiger partial charge is 0.411 e. The van der Waals surface area contributed by atoms with Crippen LogP contribution in [-0.2, 0) is 4.74 Å². The normalized spacial score (nSPS) is 13.1. The number of carbonyl (C=O) groups is 1. The van der Waals surface area contributed by atoms with Gasteiger partial charge >= 0.3 is 6.18 Å². The van der Waals surface area contributed by atoms with Crippen LogP contribution in [0, 0.1) is 12.7 Å². The minimum Gasteiger partial charge on any atom is -0.370 e. The molecule has 1 unspecified atom stereocenters. The van der Waals surface area contributed by atoms with Gasteiger partial charge in [0.15, 0.2) is 0 Å². The van der Waals surface area contributed by atoms with Crippen molar-refractivity contribution in [3.05, 3.63) is 46.7 Å². The zero-order valence-corrected chi connectivity index (χ0v) is 15.8. The number of nitrogens with zero attached hydrogens (tertiary/aromatic N) is 2. The van der Waals surface area contributed by atoms with Crippen molar-refractivity contribution in [2.45, 2.75) is 26.1 Å². The Morgan fingerprint density at radius 3 is 2.64 bits per heavy atom. The molecule has 3 rings (SSSR count). The molecule has 0 radical (unpaired) electrons. The van der Waals surface area contributed by atoms with Crippen LogP contribution in [-0.4, -0.2) is 41.1 Å². The van der Waals surface area contributed by atoms with Gasteiger partial charge in [-0.3, -0.25) is 4.79 Å². The molecule has 0 aliphatic carbocycles. The molecule has 2 aromatic heterocycles. The molecule has 0 bridgehead atoms. The van der Waals surface area contributed by atoms with Gasteiger partial charge in [-0.05, 0) is 44.2 Å². The zero-order chi connectivity index (χ0) is 20.5. The van der Waals surface area contributed by atoms with E-state index in [9.17, 15) is 22.4 Å². The van der Waals surface area contributed by atoms with E-state index < -0.39 is 24.7 Å². The summed E-state index contributed by atoms with van der Waals surface area (Å²) in [6, 6.07) is 6.90. The molecule has 28 heavy (non-hydrogen) atoms. The molecule has 5 nitrogen and oxygen atoms in total. The maximum Gasteiger partial charge on any atom is 0.411 e. The van der Waals surface area contributed by atoms with E-state index in [0.717, 1.165) is 10.2 Å². The number of aryl methyl sites for hydroxylation is 1. The SMILES string of the molecule is Cc1nn(-c2ccc(F)cc2)c2sc(C(=O)NC(C)COCC(F)(F)F)cc12. The van der Waals surface area contributed by atoms with Gasteiger partial charge in [0.1, 0.15) is 17.3 Å². The quantitative estimate of drug-likeness (QED) is 0.613. The summed E-state index contributed by atoms with van der Waals surface area (Å²) >= 11 is 1.20. The summed E-state index contributed by atoms with van der Waals surface area (Å²) in [5, 5.41) is 7.82. The highest BCUT2D eigenvalue weighted by Gasteiger charge is 2.28. The first-order chi connectivity index (χ1) is 13.1. The van der Waals surface area contributed by atoms with Crippen LogP contribution in [0.25, 0.3) is 15.9 Å². The lowest BCUT2D eigenvalue weighted by Gasteiger charge is -2.14. The topological polar surface area (TPSA) is 56.2 Å². The molecule has 2 heterocycles. The van der Waals surface area contributed by atoms with Gasteiger partial charge in [-0.1, -0.05) is 0 Å². The average molecular weight is 415 g/mol. The van der Waals surface area contributed by atoms with E-state index in [4.69, 9.17) is 0 Å². The summed E-state index contributed by atoms with van der Waals surface area (Å²) in [7, 11) is 0. The van der Waals surface area contributed by atoms with E-state index in [1.165, 1.54) is 23.5 Å². The first kappa shape index (κ1) is 20.3. The van der Waals surface area contributed by atoms with Crippen molar-refractivity contribution in [3.63, 3.8) is 0 Å². The lowest BCUT2D eigenvalue weighted by molar-refractivity contribution is -0.174. The number of amides is 1. The Hall–Kier alpha value is -2.46. The Bertz CT molecular complexity index is 979. The number of rotatable bonds is 6. The summed E-state index contributed by atoms with van der Waals surface area (Å²) in [5.41, 5.74) is 1.36. The third kappa shape index (κ3) is 4.68. The maximum atomic E-state index is 13.2. The Labute approximate surface area is 161 Å². The molecular weight excluding hydrogens is 398 g/mol. The van der Waals surface area contributed by atoms with Crippen molar-refractivity contribution in [2.75, 3.05) is 13.2 Å². The maximum absolute atomic E-state index is 13.2. The Balaban J connectivity index is 1.74. The minimum absolute atomic E-state index is 0.251. The van der Waals surface area contributed by atoms with Gasteiger partial charge in [0.25, 0.3) is 5.91 Å². The number of nitrogens with one attached hydrogen (secondary N) is 1. The minimum atomic E-state index is -4.40. The fourth-order valence-electron chi connectivity index (χ4n) is 2.60. The number of benzene rings is 1. The van der Waals surface area contributed by atoms with Crippen molar-refractivity contribution >= 4 is 27.5 Å². The van der Waals surface area contributed by atoms with E-state index in [-0.39, 0.29) is 12.4 Å². The summed E-state index contributed by atoms with van der Waals surface area (Å²) in [5.74, 6) is -0.772. The molecule has 0 fully saturated rings. The molecule has 150 valence electrons. The Kier molecular flexibility index (Phi) is 5.71. The van der Waals surface area contributed by atoms with Crippen LogP contribution in [0.1, 0.15) is 22.3 Å². The molecule has 3 aromatic rings. The van der Waals surface area contributed by atoms with Crippen molar-refractivity contribution in [1.29, 1.82) is 0 Å². The molecule has 0 aliphatic rings. The van der Waals surface area contributed by atoms with E-state index >= 15 is 0 Å². The van der Waals surface area contributed by atoms with E-state index in [1.807, 2.05) is 0 Å². The van der Waals surface area contributed by atoms with Crippen LogP contribution in [0.3, 0.4) is 0 Å². The molecule has 0 saturated heterocycles. The number of carbonyl (C=O) groups excluding carboxylic acids is 1. The van der Waals surface area contributed by atoms with Gasteiger partial charge in [-0.2, -0.15) is 18.3 Å². The number of hydrogen-bond acceptors (Lipinski definition) is 4. The summed E-state index contributed by atoms with van der Waals surface area (Å²) in [6.45, 7) is 1.75. The van der Waals surface area contributed by atoms with Crippen LogP contribution in [0.5, 0.6) is 0 Å². The first-order valence-electron chi connectivity index (χ1n) is 8.34. The fraction of sp³-hybridized carbons (Fsp3) is 0.333. The van der Waals surface area contributed by atoms with Crippen molar-refractivity contribution in [1.82, 2.24) is 15.1 Å². The van der Waals surface area contributed by atoms with Gasteiger partial charge in [0.2, 0.25) is 0 Å². The lowest BCUT2D eigenvalue weighted by Crippen LogP contribution is -2.36. The molecule has 1 amide bonds. The number of fused-ring (bicyclic) bond motifs is 1. The van der Waals surface area contributed by atoms with E-state index in [0.29, 0.717) is 16.3 Å². The third-order valence-electron chi connectivity index (χ3n) is 3.85. The summed E-state index contributed by atoms with van der Waals surface area (Å²) < 4.78 is 55.7. The smallest absolute Gasteiger partial charge is 0.370 e. The van der Waals surface area contributed by atoms with Crippen molar-refractivity contribution < 1.29 is 27.1 Å². The van der Waals surface area contributed by atoms with Crippen LogP contribution < -0.4 is 5.32 Å². The highest BCUT2D eigenvalue weighted by molar-refractivity contribution is 7.20. The number of ether oxygens (including phenoxy) is 1. The number of hydrogen-bond donors (Lipinski definition) is 1. The number of alkyl halides is 3. The molecule has 0 spiro atoms. The second-order valence-corrected chi connectivity index (χ2v) is 7.34. The second-order valence-electron chi connectivity index (χ2n) is 6.31. The molecule has 0 aliphatic heterocycles. The number of halogens is 4. The predicted molar refractivity (Wildman–Crippen MR) is 97.4 cm³/mol. The zero-order valence-electron chi connectivity index (χ0n) is 15.0. The lowest BCUT2D eigenvalue weighted by atomic mass is 10.3. The van der Waals surface area contributed by atoms with Gasteiger partial charge in [0.05, 0.1) is 22.9 Å². The molecule has 1 N–H and O–H groups in total. The van der Waals surface area contributed by atoms with Gasteiger partial charge < -0.3 is 10.1 Å². The van der Waals surface area contributed by atoms with Crippen molar-refractivity contribution in [2.24, 2.45) is 0 Å². The summed E-state index contributed by atoms with van der Waals surface area (Å²) in [4.78, 5) is 13.5.